The third kappa shape index (κ3) is 5.79. The molecular formula is C22H16F6N2O3. The number of carbonyl (C=O) groups excluding carboxylic acids is 2. The fourth-order valence-electron chi connectivity index (χ4n) is 3.09. The maximum atomic E-state index is 13.1. The number of halogens is 6. The van der Waals surface area contributed by atoms with Gasteiger partial charge in [-0.2, -0.15) is 26.3 Å². The molecule has 1 aromatic heterocycles. The Morgan fingerprint density at radius 1 is 0.939 bits per heavy atom. The first-order valence-corrected chi connectivity index (χ1v) is 9.41. The number of nitrogens with one attached hydrogen (secondary N) is 1. The Hall–Kier alpha value is -3.63. The molecule has 1 N–H and O–H groups in total. The van der Waals surface area contributed by atoms with Crippen molar-refractivity contribution in [3.63, 3.8) is 0 Å². The average Bonchev–Trinajstić information content (AvgIpc) is 2.76. The summed E-state index contributed by atoms with van der Waals surface area (Å²) in [7, 11) is 1.03. The highest BCUT2D eigenvalue weighted by Crippen LogP contribution is 2.36. The van der Waals surface area contributed by atoms with Crippen LogP contribution in [-0.4, -0.2) is 30.0 Å². The van der Waals surface area contributed by atoms with Gasteiger partial charge in [-0.3, -0.25) is 9.78 Å². The molecule has 174 valence electrons. The number of carbonyl (C=O) groups is 2. The molecule has 0 aliphatic carbocycles. The summed E-state index contributed by atoms with van der Waals surface area (Å²) in [6.07, 6.45) is -10.4. The Kier molecular flexibility index (Phi) is 6.61. The lowest BCUT2D eigenvalue weighted by molar-refractivity contribution is -0.144. The number of ether oxygens (including phenoxy) is 1. The summed E-state index contributed by atoms with van der Waals surface area (Å²) in [4.78, 5) is 29.1. The minimum absolute atomic E-state index is 0.0897. The van der Waals surface area contributed by atoms with Crippen LogP contribution in [0.15, 0.2) is 54.6 Å². The zero-order valence-corrected chi connectivity index (χ0v) is 16.9. The predicted octanol–water partition coefficient (Wildman–Crippen LogP) is 4.79. The van der Waals surface area contributed by atoms with Crippen LogP contribution in [0, 0.1) is 0 Å². The van der Waals surface area contributed by atoms with Gasteiger partial charge in [0.15, 0.2) is 0 Å². The summed E-state index contributed by atoms with van der Waals surface area (Å²) in [5.74, 6) is -2.25. The van der Waals surface area contributed by atoms with E-state index in [4.69, 9.17) is 0 Å². The van der Waals surface area contributed by atoms with Crippen LogP contribution in [0.25, 0.3) is 10.9 Å². The van der Waals surface area contributed by atoms with Crippen LogP contribution < -0.4 is 5.32 Å². The fourth-order valence-corrected chi connectivity index (χ4v) is 3.09. The van der Waals surface area contributed by atoms with Gasteiger partial charge in [0, 0.05) is 23.1 Å². The summed E-state index contributed by atoms with van der Waals surface area (Å²) in [5, 5.41) is 2.96. The van der Waals surface area contributed by atoms with E-state index in [1.807, 2.05) is 0 Å². The van der Waals surface area contributed by atoms with E-state index in [1.165, 1.54) is 0 Å². The minimum Gasteiger partial charge on any atom is -0.467 e. The highest BCUT2D eigenvalue weighted by molar-refractivity contribution is 5.97. The van der Waals surface area contributed by atoms with Crippen LogP contribution in [0.2, 0.25) is 0 Å². The van der Waals surface area contributed by atoms with Gasteiger partial charge in [0.2, 0.25) is 0 Å². The van der Waals surface area contributed by atoms with Gasteiger partial charge in [-0.05, 0) is 30.3 Å². The number of alkyl halides is 6. The van der Waals surface area contributed by atoms with Crippen LogP contribution >= 0.6 is 0 Å². The van der Waals surface area contributed by atoms with Gasteiger partial charge >= 0.3 is 18.3 Å². The Morgan fingerprint density at radius 3 is 2.12 bits per heavy atom. The van der Waals surface area contributed by atoms with Crippen molar-refractivity contribution in [2.24, 2.45) is 0 Å². The molecule has 3 aromatic rings. The molecule has 0 aliphatic heterocycles. The van der Waals surface area contributed by atoms with E-state index in [-0.39, 0.29) is 24.6 Å². The third-order valence-corrected chi connectivity index (χ3v) is 4.71. The molecule has 0 unspecified atom stereocenters. The molecule has 0 fully saturated rings. The average molecular weight is 470 g/mol. The number of para-hydroxylation sites is 1. The quantitative estimate of drug-likeness (QED) is 0.430. The number of rotatable bonds is 5. The molecule has 33 heavy (non-hydrogen) atoms. The standard InChI is InChI=1S/C22H16F6N2O3/c1-33-20(32)18(11-16-7-6-12-4-2-3-5-17(12)29-16)30-19(31)13-8-14(21(23,24)25)10-15(9-13)22(26,27)28/h2-10,18H,11H2,1H3,(H,30,31)/t18-/m0/s1. The Labute approximate surface area is 183 Å². The van der Waals surface area contributed by atoms with E-state index in [2.05, 4.69) is 15.0 Å². The lowest BCUT2D eigenvalue weighted by Gasteiger charge is -2.18. The van der Waals surface area contributed by atoms with E-state index in [9.17, 15) is 35.9 Å². The van der Waals surface area contributed by atoms with Gasteiger partial charge in [-0.1, -0.05) is 24.3 Å². The van der Waals surface area contributed by atoms with Gasteiger partial charge in [-0.25, -0.2) is 4.79 Å². The molecule has 0 saturated heterocycles. The summed E-state index contributed by atoms with van der Waals surface area (Å²) >= 11 is 0. The Balaban J connectivity index is 1.91. The second kappa shape index (κ2) is 9.08. The first-order chi connectivity index (χ1) is 15.4. The zero-order valence-electron chi connectivity index (χ0n) is 16.9. The number of hydrogen-bond acceptors (Lipinski definition) is 4. The van der Waals surface area contributed by atoms with Crippen LogP contribution in [0.5, 0.6) is 0 Å². The number of pyridine rings is 1. The van der Waals surface area contributed by atoms with Crippen molar-refractivity contribution in [2.75, 3.05) is 7.11 Å². The third-order valence-electron chi connectivity index (χ3n) is 4.71. The molecule has 1 heterocycles. The van der Waals surface area contributed by atoms with E-state index >= 15 is 0 Å². The molecule has 0 saturated carbocycles. The van der Waals surface area contributed by atoms with Gasteiger partial charge < -0.3 is 10.1 Å². The fraction of sp³-hybridized carbons (Fsp3) is 0.227. The number of benzene rings is 2. The SMILES string of the molecule is COC(=O)[C@H](Cc1ccc2ccccc2n1)NC(=O)c1cc(C(F)(F)F)cc(C(F)(F)F)c1. The lowest BCUT2D eigenvalue weighted by Crippen LogP contribution is -2.43. The van der Waals surface area contributed by atoms with Gasteiger partial charge in [0.05, 0.1) is 23.8 Å². The molecule has 3 rings (SSSR count). The zero-order chi connectivity index (χ0) is 24.4. The molecule has 0 radical (unpaired) electrons. The van der Waals surface area contributed by atoms with Crippen molar-refractivity contribution in [3.8, 4) is 0 Å². The summed E-state index contributed by atoms with van der Waals surface area (Å²) in [6, 6.07) is 9.43. The lowest BCUT2D eigenvalue weighted by atomic mass is 10.0. The predicted molar refractivity (Wildman–Crippen MR) is 105 cm³/mol. The smallest absolute Gasteiger partial charge is 0.416 e. The molecule has 5 nitrogen and oxygen atoms in total. The van der Waals surface area contributed by atoms with Crippen molar-refractivity contribution < 1.29 is 40.7 Å². The van der Waals surface area contributed by atoms with Crippen molar-refractivity contribution in [1.82, 2.24) is 10.3 Å². The molecule has 0 bridgehead atoms. The molecule has 1 atom stereocenters. The molecule has 0 aliphatic rings. The number of methoxy groups -OCH3 is 1. The maximum absolute atomic E-state index is 13.1. The van der Waals surface area contributed by atoms with Gasteiger partial charge in [0.25, 0.3) is 5.91 Å². The van der Waals surface area contributed by atoms with Crippen molar-refractivity contribution in [3.05, 3.63) is 77.0 Å². The summed E-state index contributed by atoms with van der Waals surface area (Å²) < 4.78 is 83.1. The molecule has 11 heteroatoms. The minimum atomic E-state index is -5.12. The number of aromatic nitrogens is 1. The second-order valence-electron chi connectivity index (χ2n) is 7.04. The topological polar surface area (TPSA) is 68.3 Å². The van der Waals surface area contributed by atoms with Gasteiger partial charge in [-0.15, -0.1) is 0 Å². The van der Waals surface area contributed by atoms with E-state index in [0.29, 0.717) is 11.2 Å². The van der Waals surface area contributed by atoms with Crippen molar-refractivity contribution in [1.29, 1.82) is 0 Å². The second-order valence-corrected chi connectivity index (χ2v) is 7.04. The van der Waals surface area contributed by atoms with Crippen LogP contribution in [0.1, 0.15) is 27.2 Å². The number of nitrogens with zero attached hydrogens (tertiary/aromatic N) is 1. The molecule has 0 spiro atoms. The molecule has 1 amide bonds. The van der Waals surface area contributed by atoms with Gasteiger partial charge in [0.1, 0.15) is 6.04 Å². The highest BCUT2D eigenvalue weighted by Gasteiger charge is 2.38. The highest BCUT2D eigenvalue weighted by atomic mass is 19.4. The van der Waals surface area contributed by atoms with E-state index in [1.54, 1.807) is 36.4 Å². The van der Waals surface area contributed by atoms with Crippen LogP contribution in [0.3, 0.4) is 0 Å². The Bertz CT molecular complexity index is 1160. The molecular weight excluding hydrogens is 454 g/mol. The largest absolute Gasteiger partial charge is 0.467 e. The number of hydrogen-bond donors (Lipinski definition) is 1. The first kappa shape index (κ1) is 24.0. The number of esters is 1. The van der Waals surface area contributed by atoms with Crippen LogP contribution in [-0.2, 0) is 28.3 Å². The normalized spacial score (nSPS) is 12.9. The van der Waals surface area contributed by atoms with E-state index in [0.717, 1.165) is 12.5 Å². The molecule has 2 aromatic carbocycles. The van der Waals surface area contributed by atoms with Crippen molar-refractivity contribution >= 4 is 22.8 Å². The summed E-state index contributed by atoms with van der Waals surface area (Å²) in [6.45, 7) is 0. The van der Waals surface area contributed by atoms with Crippen molar-refractivity contribution in [2.45, 2.75) is 24.8 Å². The number of fused-ring (bicyclic) bond motifs is 1. The van der Waals surface area contributed by atoms with E-state index < -0.39 is 47.0 Å². The maximum Gasteiger partial charge on any atom is 0.416 e. The van der Waals surface area contributed by atoms with Crippen LogP contribution in [0.4, 0.5) is 26.3 Å². The Morgan fingerprint density at radius 2 is 1.55 bits per heavy atom. The monoisotopic (exact) mass is 470 g/mol. The summed E-state index contributed by atoms with van der Waals surface area (Å²) in [5.41, 5.74) is -3.25. The number of amides is 1. The first-order valence-electron chi connectivity index (χ1n) is 9.41.